The molecule has 0 bridgehead atoms. The lowest BCUT2D eigenvalue weighted by Crippen LogP contribution is -2.00. The van der Waals surface area contributed by atoms with Crippen LogP contribution in [0.1, 0.15) is 0 Å². The summed E-state index contributed by atoms with van der Waals surface area (Å²) < 4.78 is 0.992. The number of rotatable bonds is 2. The highest BCUT2D eigenvalue weighted by Gasteiger charge is 2.05. The molecular weight excluding hydrogens is 372 g/mol. The number of nitrogen functional groups attached to an aromatic ring is 1. The monoisotopic (exact) mass is 379 g/mol. The van der Waals surface area contributed by atoms with Crippen molar-refractivity contribution in [2.45, 2.75) is 0 Å². The summed E-state index contributed by atoms with van der Waals surface area (Å²) in [5.74, 6) is 0.578. The molecule has 3 N–H and O–H groups in total. The maximum Gasteiger partial charge on any atom is 0.153 e. The highest BCUT2D eigenvalue weighted by molar-refractivity contribution is 14.1. The van der Waals surface area contributed by atoms with E-state index in [9.17, 15) is 0 Å². The fourth-order valence-electron chi connectivity index (χ4n) is 1.28. The molecule has 17 heavy (non-hydrogen) atoms. The van der Waals surface area contributed by atoms with Crippen LogP contribution in [0.15, 0.2) is 30.5 Å². The molecule has 0 aliphatic heterocycles. The van der Waals surface area contributed by atoms with E-state index < -0.39 is 0 Å². The maximum absolute atomic E-state index is 5.88. The molecule has 3 nitrogen and oxygen atoms in total. The Bertz CT molecular complexity index is 511. The van der Waals surface area contributed by atoms with Crippen molar-refractivity contribution in [3.8, 4) is 0 Å². The van der Waals surface area contributed by atoms with Gasteiger partial charge in [0, 0.05) is 14.8 Å². The second-order valence-electron chi connectivity index (χ2n) is 3.34. The Kier molecular flexibility index (Phi) is 3.96. The molecule has 1 aromatic carbocycles. The Balaban J connectivity index is 2.31. The zero-order valence-corrected chi connectivity index (χ0v) is 12.2. The van der Waals surface area contributed by atoms with Crippen LogP contribution in [0.3, 0.4) is 0 Å². The van der Waals surface area contributed by atoms with E-state index in [0.29, 0.717) is 21.6 Å². The Morgan fingerprint density at radius 1 is 1.18 bits per heavy atom. The second kappa shape index (κ2) is 5.29. The minimum Gasteiger partial charge on any atom is -0.396 e. The van der Waals surface area contributed by atoms with E-state index >= 15 is 0 Å². The van der Waals surface area contributed by atoms with Crippen molar-refractivity contribution in [2.75, 3.05) is 11.1 Å². The largest absolute Gasteiger partial charge is 0.396 e. The van der Waals surface area contributed by atoms with Gasteiger partial charge in [-0.15, -0.1) is 0 Å². The zero-order chi connectivity index (χ0) is 12.4. The van der Waals surface area contributed by atoms with Crippen molar-refractivity contribution in [3.63, 3.8) is 0 Å². The quantitative estimate of drug-likeness (QED) is 0.764. The molecule has 2 rings (SSSR count). The summed E-state index contributed by atoms with van der Waals surface area (Å²) in [6.07, 6.45) is 1.54. The van der Waals surface area contributed by atoms with E-state index in [1.807, 2.05) is 12.1 Å². The van der Waals surface area contributed by atoms with Crippen LogP contribution in [0.5, 0.6) is 0 Å². The molecule has 0 atom stereocenters. The fraction of sp³-hybridized carbons (Fsp3) is 0. The first kappa shape index (κ1) is 12.7. The van der Waals surface area contributed by atoms with Gasteiger partial charge in [-0.1, -0.05) is 23.2 Å². The van der Waals surface area contributed by atoms with Crippen LogP contribution in [-0.4, -0.2) is 4.98 Å². The molecule has 0 aliphatic carbocycles. The fourth-order valence-corrected chi connectivity index (χ4v) is 2.45. The number of pyridine rings is 1. The van der Waals surface area contributed by atoms with Crippen LogP contribution >= 0.6 is 45.8 Å². The van der Waals surface area contributed by atoms with Gasteiger partial charge in [-0.3, -0.25) is 0 Å². The van der Waals surface area contributed by atoms with Crippen molar-refractivity contribution < 1.29 is 0 Å². The van der Waals surface area contributed by atoms with E-state index in [2.05, 4.69) is 32.9 Å². The van der Waals surface area contributed by atoms with Gasteiger partial charge in [0.1, 0.15) is 0 Å². The van der Waals surface area contributed by atoms with Gasteiger partial charge in [-0.2, -0.15) is 0 Å². The number of aromatic nitrogens is 1. The summed E-state index contributed by atoms with van der Waals surface area (Å²) >= 11 is 13.9. The number of anilines is 3. The molecular formula is C11H8Cl2IN3. The van der Waals surface area contributed by atoms with E-state index in [1.165, 1.54) is 0 Å². The topological polar surface area (TPSA) is 50.9 Å². The van der Waals surface area contributed by atoms with E-state index in [1.54, 1.807) is 18.3 Å². The smallest absolute Gasteiger partial charge is 0.153 e. The first-order valence-corrected chi connectivity index (χ1v) is 6.53. The maximum atomic E-state index is 5.88. The van der Waals surface area contributed by atoms with Gasteiger partial charge in [0.2, 0.25) is 0 Å². The van der Waals surface area contributed by atoms with Crippen molar-refractivity contribution in [1.29, 1.82) is 0 Å². The third-order valence-corrected chi connectivity index (χ3v) is 3.40. The molecule has 0 amide bonds. The SMILES string of the molecule is Nc1cc(Cl)cnc1Nc1ccc(Cl)cc1I. The summed E-state index contributed by atoms with van der Waals surface area (Å²) in [5.41, 5.74) is 7.21. The number of halogens is 3. The average molecular weight is 380 g/mol. The van der Waals surface area contributed by atoms with Crippen LogP contribution in [0.2, 0.25) is 10.0 Å². The van der Waals surface area contributed by atoms with Gasteiger partial charge >= 0.3 is 0 Å². The van der Waals surface area contributed by atoms with Crippen LogP contribution in [0.25, 0.3) is 0 Å². The van der Waals surface area contributed by atoms with Gasteiger partial charge in [-0.25, -0.2) is 4.98 Å². The van der Waals surface area contributed by atoms with Gasteiger partial charge in [0.15, 0.2) is 5.82 Å². The normalized spacial score (nSPS) is 10.3. The molecule has 0 unspecified atom stereocenters. The van der Waals surface area contributed by atoms with E-state index in [4.69, 9.17) is 28.9 Å². The highest BCUT2D eigenvalue weighted by Crippen LogP contribution is 2.28. The van der Waals surface area contributed by atoms with Gasteiger partial charge in [0.25, 0.3) is 0 Å². The van der Waals surface area contributed by atoms with Crippen LogP contribution < -0.4 is 11.1 Å². The number of nitrogens with one attached hydrogen (secondary N) is 1. The van der Waals surface area contributed by atoms with Gasteiger partial charge in [0.05, 0.1) is 16.4 Å². The molecule has 0 spiro atoms. The van der Waals surface area contributed by atoms with Crippen LogP contribution in [0, 0.1) is 3.57 Å². The number of benzene rings is 1. The van der Waals surface area contributed by atoms with E-state index in [-0.39, 0.29) is 0 Å². The predicted molar refractivity (Wildman–Crippen MR) is 81.1 cm³/mol. The van der Waals surface area contributed by atoms with Crippen LogP contribution in [-0.2, 0) is 0 Å². The number of hydrogen-bond donors (Lipinski definition) is 2. The minimum atomic E-state index is 0.503. The Hall–Kier alpha value is -0.720. The van der Waals surface area contributed by atoms with Gasteiger partial charge < -0.3 is 11.1 Å². The molecule has 0 saturated carbocycles. The average Bonchev–Trinajstić information content (AvgIpc) is 2.25. The lowest BCUT2D eigenvalue weighted by Gasteiger charge is -2.10. The second-order valence-corrected chi connectivity index (χ2v) is 5.38. The number of nitrogens with two attached hydrogens (primary N) is 1. The number of nitrogens with zero attached hydrogens (tertiary/aromatic N) is 1. The molecule has 1 heterocycles. The summed E-state index contributed by atoms with van der Waals surface area (Å²) in [5, 5.41) is 4.34. The third kappa shape index (κ3) is 3.14. The number of hydrogen-bond acceptors (Lipinski definition) is 3. The predicted octanol–water partition coefficient (Wildman–Crippen LogP) is 4.32. The summed E-state index contributed by atoms with van der Waals surface area (Å²) in [7, 11) is 0. The lowest BCUT2D eigenvalue weighted by atomic mass is 10.3. The third-order valence-electron chi connectivity index (χ3n) is 2.07. The first-order chi connectivity index (χ1) is 8.06. The van der Waals surface area contributed by atoms with Crippen LogP contribution in [0.4, 0.5) is 17.2 Å². The summed E-state index contributed by atoms with van der Waals surface area (Å²) in [6.45, 7) is 0. The van der Waals surface area contributed by atoms with Gasteiger partial charge in [-0.05, 0) is 46.9 Å². The summed E-state index contributed by atoms with van der Waals surface area (Å²) in [4.78, 5) is 4.13. The molecule has 88 valence electrons. The van der Waals surface area contributed by atoms with Crippen molar-refractivity contribution >= 4 is 63.0 Å². The minimum absolute atomic E-state index is 0.503. The standard InChI is InChI=1S/C11H8Cl2IN3/c12-6-1-2-10(8(14)3-6)17-11-9(15)4-7(13)5-16-11/h1-5H,15H2,(H,16,17). The first-order valence-electron chi connectivity index (χ1n) is 4.69. The zero-order valence-electron chi connectivity index (χ0n) is 8.55. The van der Waals surface area contributed by atoms with Crippen molar-refractivity contribution in [3.05, 3.63) is 44.1 Å². The molecule has 0 aliphatic rings. The van der Waals surface area contributed by atoms with Crippen molar-refractivity contribution in [1.82, 2.24) is 4.98 Å². The molecule has 0 radical (unpaired) electrons. The molecule has 1 aromatic heterocycles. The molecule has 6 heteroatoms. The molecule has 0 fully saturated rings. The Morgan fingerprint density at radius 3 is 2.59 bits per heavy atom. The Morgan fingerprint density at radius 2 is 1.94 bits per heavy atom. The Labute approximate surface area is 122 Å². The summed E-state index contributed by atoms with van der Waals surface area (Å²) in [6, 6.07) is 7.19. The molecule has 0 saturated heterocycles. The van der Waals surface area contributed by atoms with Crippen molar-refractivity contribution in [2.24, 2.45) is 0 Å². The highest BCUT2D eigenvalue weighted by atomic mass is 127. The van der Waals surface area contributed by atoms with E-state index in [0.717, 1.165) is 9.26 Å². The lowest BCUT2D eigenvalue weighted by molar-refractivity contribution is 1.31. The molecule has 2 aromatic rings.